The molecule has 0 aliphatic carbocycles. The molecule has 0 radical (unpaired) electrons. The lowest BCUT2D eigenvalue weighted by molar-refractivity contribution is -0.118. The zero-order valence-corrected chi connectivity index (χ0v) is 14.0. The molecule has 0 aliphatic heterocycles. The highest BCUT2D eigenvalue weighted by Crippen LogP contribution is 2.14. The molecule has 2 rings (SSSR count). The van der Waals surface area contributed by atoms with Gasteiger partial charge in [0.2, 0.25) is 5.91 Å². The van der Waals surface area contributed by atoms with Gasteiger partial charge in [-0.1, -0.05) is 35.5 Å². The summed E-state index contributed by atoms with van der Waals surface area (Å²) >= 11 is 7.02. The molecular weight excluding hydrogens is 338 g/mol. The van der Waals surface area contributed by atoms with Crippen LogP contribution in [0.15, 0.2) is 35.6 Å². The van der Waals surface area contributed by atoms with Gasteiger partial charge in [0.25, 0.3) is 0 Å². The Morgan fingerprint density at radius 1 is 1.35 bits per heavy atom. The third-order valence-corrected chi connectivity index (χ3v) is 3.93. The van der Waals surface area contributed by atoms with Crippen molar-refractivity contribution >= 4 is 35.2 Å². The number of benzene rings is 1. The first kappa shape index (κ1) is 17.4. The number of esters is 1. The predicted octanol–water partition coefficient (Wildman–Crippen LogP) is 2.65. The minimum absolute atomic E-state index is 0.126. The topological polar surface area (TPSA) is 84.1 Å². The summed E-state index contributed by atoms with van der Waals surface area (Å²) < 4.78 is 4.85. The molecular formula is C15H16ClN3O3S. The van der Waals surface area contributed by atoms with Crippen molar-refractivity contribution in [3.8, 4) is 0 Å². The highest BCUT2D eigenvalue weighted by Gasteiger charge is 2.11. The van der Waals surface area contributed by atoms with Crippen molar-refractivity contribution < 1.29 is 14.3 Å². The summed E-state index contributed by atoms with van der Waals surface area (Å²) in [4.78, 5) is 30.1. The first-order valence-electron chi connectivity index (χ1n) is 6.94. The van der Waals surface area contributed by atoms with Crippen LogP contribution < -0.4 is 5.32 Å². The molecule has 0 spiro atoms. The number of amides is 1. The van der Waals surface area contributed by atoms with Gasteiger partial charge in [0.1, 0.15) is 5.69 Å². The molecule has 0 unspecified atom stereocenters. The average Bonchev–Trinajstić information content (AvgIpc) is 3.02. The number of ether oxygens (including phenoxy) is 1. The normalized spacial score (nSPS) is 10.3. The van der Waals surface area contributed by atoms with Gasteiger partial charge in [0.15, 0.2) is 5.16 Å². The van der Waals surface area contributed by atoms with Crippen molar-refractivity contribution in [1.29, 1.82) is 0 Å². The lowest BCUT2D eigenvalue weighted by atomic mass is 10.2. The minimum atomic E-state index is -0.459. The van der Waals surface area contributed by atoms with E-state index >= 15 is 0 Å². The minimum Gasteiger partial charge on any atom is -0.461 e. The van der Waals surface area contributed by atoms with Gasteiger partial charge in [-0.3, -0.25) is 4.79 Å². The third-order valence-electron chi connectivity index (χ3n) is 2.79. The summed E-state index contributed by atoms with van der Waals surface area (Å²) in [6.45, 7) is 2.46. The van der Waals surface area contributed by atoms with Crippen LogP contribution in [0, 0.1) is 0 Å². The molecule has 23 heavy (non-hydrogen) atoms. The summed E-state index contributed by atoms with van der Waals surface area (Å²) in [5.41, 5.74) is 1.24. The Labute approximate surface area is 143 Å². The van der Waals surface area contributed by atoms with Crippen molar-refractivity contribution in [3.05, 3.63) is 46.7 Å². The molecule has 8 heteroatoms. The van der Waals surface area contributed by atoms with Crippen molar-refractivity contribution in [2.75, 3.05) is 12.4 Å². The number of imidazole rings is 1. The van der Waals surface area contributed by atoms with E-state index in [2.05, 4.69) is 15.3 Å². The van der Waals surface area contributed by atoms with E-state index in [4.69, 9.17) is 16.3 Å². The number of H-pyrrole nitrogens is 1. The monoisotopic (exact) mass is 353 g/mol. The van der Waals surface area contributed by atoms with Crippen molar-refractivity contribution in [1.82, 2.24) is 15.3 Å². The highest BCUT2D eigenvalue weighted by molar-refractivity contribution is 7.99. The molecule has 0 bridgehead atoms. The molecule has 1 aromatic heterocycles. The van der Waals surface area contributed by atoms with Gasteiger partial charge in [-0.05, 0) is 24.6 Å². The van der Waals surface area contributed by atoms with Crippen LogP contribution in [0.25, 0.3) is 0 Å². The summed E-state index contributed by atoms with van der Waals surface area (Å²) in [7, 11) is 0. The van der Waals surface area contributed by atoms with E-state index in [1.54, 1.807) is 19.1 Å². The Morgan fingerprint density at radius 2 is 2.09 bits per heavy atom. The second-order valence-corrected chi connectivity index (χ2v) is 5.91. The van der Waals surface area contributed by atoms with Gasteiger partial charge in [-0.15, -0.1) is 0 Å². The average molecular weight is 354 g/mol. The predicted molar refractivity (Wildman–Crippen MR) is 88.6 cm³/mol. The van der Waals surface area contributed by atoms with Crippen LogP contribution in [-0.4, -0.2) is 34.2 Å². The van der Waals surface area contributed by atoms with E-state index in [1.807, 2.05) is 12.1 Å². The molecule has 2 aromatic rings. The van der Waals surface area contributed by atoms with Crippen LogP contribution in [0.5, 0.6) is 0 Å². The van der Waals surface area contributed by atoms with Crippen LogP contribution in [0.2, 0.25) is 5.02 Å². The number of hydrogen-bond acceptors (Lipinski definition) is 5. The molecule has 1 aromatic carbocycles. The van der Waals surface area contributed by atoms with E-state index in [9.17, 15) is 9.59 Å². The largest absolute Gasteiger partial charge is 0.461 e. The van der Waals surface area contributed by atoms with E-state index in [-0.39, 0.29) is 17.4 Å². The third kappa shape index (κ3) is 5.61. The van der Waals surface area contributed by atoms with Crippen molar-refractivity contribution in [2.24, 2.45) is 0 Å². The van der Waals surface area contributed by atoms with Gasteiger partial charge in [0, 0.05) is 11.6 Å². The Bertz CT molecular complexity index is 673. The molecule has 0 saturated carbocycles. The smallest absolute Gasteiger partial charge is 0.356 e. The fourth-order valence-corrected chi connectivity index (χ4v) is 2.48. The second-order valence-electron chi connectivity index (χ2n) is 4.51. The maximum atomic E-state index is 11.8. The zero-order chi connectivity index (χ0) is 16.7. The quantitative estimate of drug-likeness (QED) is 0.590. The van der Waals surface area contributed by atoms with E-state index in [0.717, 1.165) is 5.56 Å². The zero-order valence-electron chi connectivity index (χ0n) is 12.5. The molecule has 122 valence electrons. The standard InChI is InChI=1S/C15H16ClN3O3S/c1-2-22-14(21)12-8-18-15(19-12)23-9-13(20)17-7-10-3-5-11(16)6-4-10/h3-6,8H,2,7,9H2,1H3,(H,17,20)(H,18,19). The summed E-state index contributed by atoms with van der Waals surface area (Å²) in [5.74, 6) is -0.387. The second kappa shape index (κ2) is 8.59. The number of rotatable bonds is 7. The molecule has 0 atom stereocenters. The number of thioether (sulfide) groups is 1. The number of hydrogen-bond donors (Lipinski definition) is 2. The maximum Gasteiger partial charge on any atom is 0.356 e. The first-order chi connectivity index (χ1) is 11.1. The fourth-order valence-electron chi connectivity index (χ4n) is 1.68. The number of nitrogens with one attached hydrogen (secondary N) is 2. The molecule has 1 amide bonds. The van der Waals surface area contributed by atoms with E-state index in [0.29, 0.717) is 23.3 Å². The molecule has 1 heterocycles. The van der Waals surface area contributed by atoms with Gasteiger partial charge in [0.05, 0.1) is 18.6 Å². The van der Waals surface area contributed by atoms with Gasteiger partial charge >= 0.3 is 5.97 Å². The number of aromatic nitrogens is 2. The first-order valence-corrected chi connectivity index (χ1v) is 8.31. The van der Waals surface area contributed by atoms with Crippen molar-refractivity contribution in [3.63, 3.8) is 0 Å². The number of nitrogens with zero attached hydrogens (tertiary/aromatic N) is 1. The SMILES string of the molecule is CCOC(=O)c1cnc(SCC(=O)NCc2ccc(Cl)cc2)[nH]1. The number of carbonyl (C=O) groups is 2. The van der Waals surface area contributed by atoms with Gasteiger partial charge in [-0.2, -0.15) is 0 Å². The van der Waals surface area contributed by atoms with E-state index < -0.39 is 5.97 Å². The highest BCUT2D eigenvalue weighted by atomic mass is 35.5. The van der Waals surface area contributed by atoms with Crippen LogP contribution in [-0.2, 0) is 16.1 Å². The van der Waals surface area contributed by atoms with Crippen LogP contribution >= 0.6 is 23.4 Å². The van der Waals surface area contributed by atoms with E-state index in [1.165, 1.54) is 18.0 Å². The van der Waals surface area contributed by atoms with Crippen LogP contribution in [0.3, 0.4) is 0 Å². The summed E-state index contributed by atoms with van der Waals surface area (Å²) in [6.07, 6.45) is 1.39. The Kier molecular flexibility index (Phi) is 6.49. The molecule has 0 saturated heterocycles. The fraction of sp³-hybridized carbons (Fsp3) is 0.267. The molecule has 0 aliphatic rings. The Hall–Kier alpha value is -1.99. The van der Waals surface area contributed by atoms with Crippen LogP contribution in [0.1, 0.15) is 23.0 Å². The summed E-state index contributed by atoms with van der Waals surface area (Å²) in [6, 6.07) is 7.26. The molecule has 2 N–H and O–H groups in total. The van der Waals surface area contributed by atoms with Crippen molar-refractivity contribution in [2.45, 2.75) is 18.6 Å². The molecule has 0 fully saturated rings. The lowest BCUT2D eigenvalue weighted by Gasteiger charge is -2.04. The Balaban J connectivity index is 1.76. The van der Waals surface area contributed by atoms with Gasteiger partial charge in [-0.25, -0.2) is 9.78 Å². The van der Waals surface area contributed by atoms with Gasteiger partial charge < -0.3 is 15.0 Å². The van der Waals surface area contributed by atoms with Crippen LogP contribution in [0.4, 0.5) is 0 Å². The lowest BCUT2D eigenvalue weighted by Crippen LogP contribution is -2.24. The number of carbonyl (C=O) groups excluding carboxylic acids is 2. The maximum absolute atomic E-state index is 11.8. The Morgan fingerprint density at radius 3 is 2.78 bits per heavy atom. The number of aromatic amines is 1. The summed E-state index contributed by atoms with van der Waals surface area (Å²) in [5, 5.41) is 3.96. The molecule has 6 nitrogen and oxygen atoms in total. The number of halogens is 1.